The van der Waals surface area contributed by atoms with Gasteiger partial charge < -0.3 is 26.0 Å². The Balaban J connectivity index is 1.52. The second-order valence-corrected chi connectivity index (χ2v) is 8.30. The van der Waals surface area contributed by atoms with Crippen molar-refractivity contribution in [1.82, 2.24) is 20.6 Å². The normalized spacial score (nSPS) is 15.0. The molecule has 0 aliphatic carbocycles. The summed E-state index contributed by atoms with van der Waals surface area (Å²) in [7, 11) is 1.53. The lowest BCUT2D eigenvalue weighted by atomic mass is 10.0. The topological polar surface area (TPSA) is 100 Å². The standard InChI is InChI=1S/C24H23F3N6O2/c1-35-19-10-14-6-8-28-7-5-13(14)9-18(19)32-23-30-12-16(24(25,26)27)21(33-23)31-17-4-2-3-15-11-29-22(34)20(15)17/h2-4,9-10,12,28H,5-8,11H2,1H3,(H,29,34)(H2,30,31,32,33). The molecule has 0 bridgehead atoms. The molecule has 0 atom stereocenters. The second-order valence-electron chi connectivity index (χ2n) is 8.30. The number of amides is 1. The number of carbonyl (C=O) groups is 1. The monoisotopic (exact) mass is 484 g/mol. The minimum absolute atomic E-state index is 0.0393. The quantitative estimate of drug-likeness (QED) is 0.436. The summed E-state index contributed by atoms with van der Waals surface area (Å²) in [6.45, 7) is 2.01. The van der Waals surface area contributed by atoms with Gasteiger partial charge in [-0.1, -0.05) is 12.1 Å². The number of carbonyl (C=O) groups excluding carboxylic acids is 1. The molecule has 11 heteroatoms. The van der Waals surface area contributed by atoms with Crippen LogP contribution in [0.1, 0.15) is 32.6 Å². The van der Waals surface area contributed by atoms with Crippen molar-refractivity contribution in [3.8, 4) is 5.75 Å². The number of hydrogen-bond donors (Lipinski definition) is 4. The van der Waals surface area contributed by atoms with Crippen LogP contribution in [0.3, 0.4) is 0 Å². The van der Waals surface area contributed by atoms with Crippen LogP contribution in [0, 0.1) is 0 Å². The second kappa shape index (κ2) is 9.06. The molecule has 35 heavy (non-hydrogen) atoms. The number of nitrogens with zero attached hydrogens (tertiary/aromatic N) is 2. The summed E-state index contributed by atoms with van der Waals surface area (Å²) in [5, 5.41) is 11.7. The third-order valence-electron chi connectivity index (χ3n) is 6.07. The van der Waals surface area contributed by atoms with Gasteiger partial charge in [0.1, 0.15) is 17.1 Å². The van der Waals surface area contributed by atoms with Gasteiger partial charge in [-0.05, 0) is 60.8 Å². The molecule has 1 aromatic heterocycles. The maximum atomic E-state index is 13.8. The lowest BCUT2D eigenvalue weighted by Gasteiger charge is -2.18. The Bertz CT molecular complexity index is 1290. The fourth-order valence-electron chi connectivity index (χ4n) is 4.35. The minimum Gasteiger partial charge on any atom is -0.495 e. The van der Waals surface area contributed by atoms with E-state index in [0.717, 1.165) is 43.3 Å². The predicted octanol–water partition coefficient (Wildman–Crippen LogP) is 3.92. The minimum atomic E-state index is -4.70. The Morgan fingerprint density at radius 2 is 1.80 bits per heavy atom. The van der Waals surface area contributed by atoms with Gasteiger partial charge in [0.05, 0.1) is 24.0 Å². The molecule has 5 rings (SSSR count). The molecular weight excluding hydrogens is 461 g/mol. The Morgan fingerprint density at radius 3 is 2.54 bits per heavy atom. The molecule has 4 N–H and O–H groups in total. The van der Waals surface area contributed by atoms with E-state index in [0.29, 0.717) is 29.1 Å². The molecule has 2 aliphatic rings. The van der Waals surface area contributed by atoms with Crippen LogP contribution in [-0.4, -0.2) is 36.1 Å². The van der Waals surface area contributed by atoms with Crippen LogP contribution in [0.25, 0.3) is 0 Å². The number of halogens is 3. The lowest BCUT2D eigenvalue weighted by Crippen LogP contribution is -2.16. The van der Waals surface area contributed by atoms with Crippen LogP contribution in [0.15, 0.2) is 36.5 Å². The van der Waals surface area contributed by atoms with Crippen LogP contribution in [-0.2, 0) is 25.6 Å². The Morgan fingerprint density at radius 1 is 1.03 bits per heavy atom. The summed E-state index contributed by atoms with van der Waals surface area (Å²) >= 11 is 0. The molecule has 0 radical (unpaired) electrons. The van der Waals surface area contributed by atoms with Crippen molar-refractivity contribution in [3.63, 3.8) is 0 Å². The smallest absolute Gasteiger partial charge is 0.421 e. The van der Waals surface area contributed by atoms with Crippen LogP contribution < -0.4 is 26.0 Å². The van der Waals surface area contributed by atoms with Crippen LogP contribution in [0.4, 0.5) is 36.3 Å². The van der Waals surface area contributed by atoms with Gasteiger partial charge in [0.2, 0.25) is 5.95 Å². The molecule has 2 aliphatic heterocycles. The first-order valence-electron chi connectivity index (χ1n) is 11.1. The van der Waals surface area contributed by atoms with Gasteiger partial charge in [0.15, 0.2) is 0 Å². The lowest BCUT2D eigenvalue weighted by molar-refractivity contribution is -0.137. The molecule has 182 valence electrons. The maximum Gasteiger partial charge on any atom is 0.421 e. The van der Waals surface area contributed by atoms with Gasteiger partial charge >= 0.3 is 6.18 Å². The zero-order chi connectivity index (χ0) is 24.6. The summed E-state index contributed by atoms with van der Waals surface area (Å²) in [5.41, 5.74) is 3.03. The highest BCUT2D eigenvalue weighted by Gasteiger charge is 2.36. The van der Waals surface area contributed by atoms with Crippen molar-refractivity contribution < 1.29 is 22.7 Å². The van der Waals surface area contributed by atoms with E-state index in [1.165, 1.54) is 7.11 Å². The van der Waals surface area contributed by atoms with Crippen LogP contribution >= 0.6 is 0 Å². The average molecular weight is 484 g/mol. The van der Waals surface area contributed by atoms with Gasteiger partial charge in [-0.2, -0.15) is 18.2 Å². The number of aromatic nitrogens is 2. The van der Waals surface area contributed by atoms with Crippen molar-refractivity contribution in [1.29, 1.82) is 0 Å². The van der Waals surface area contributed by atoms with Gasteiger partial charge in [-0.15, -0.1) is 0 Å². The SMILES string of the molecule is COc1cc2c(cc1Nc1ncc(C(F)(F)F)c(Nc3cccc4c3C(=O)NC4)n1)CCNCC2. The van der Waals surface area contributed by atoms with E-state index in [4.69, 9.17) is 4.74 Å². The molecule has 0 spiro atoms. The number of ether oxygens (including phenoxy) is 1. The first-order valence-corrected chi connectivity index (χ1v) is 11.1. The van der Waals surface area contributed by atoms with Crippen molar-refractivity contribution in [2.24, 2.45) is 0 Å². The summed E-state index contributed by atoms with van der Waals surface area (Å²) in [6.07, 6.45) is -2.31. The summed E-state index contributed by atoms with van der Waals surface area (Å²) in [4.78, 5) is 20.3. The molecule has 2 aromatic carbocycles. The number of fused-ring (bicyclic) bond motifs is 2. The molecule has 0 fully saturated rings. The highest BCUT2D eigenvalue weighted by molar-refractivity contribution is 6.04. The average Bonchev–Trinajstić information content (AvgIpc) is 3.06. The third-order valence-corrected chi connectivity index (χ3v) is 6.07. The number of alkyl halides is 3. The molecule has 1 amide bonds. The molecule has 3 heterocycles. The van der Waals surface area contributed by atoms with Gasteiger partial charge in [0.25, 0.3) is 5.91 Å². The van der Waals surface area contributed by atoms with E-state index in [2.05, 4.69) is 31.2 Å². The maximum absolute atomic E-state index is 13.8. The number of methoxy groups -OCH3 is 1. The Kier molecular flexibility index (Phi) is 5.93. The zero-order valence-electron chi connectivity index (χ0n) is 18.8. The largest absolute Gasteiger partial charge is 0.495 e. The molecule has 0 saturated carbocycles. The van der Waals surface area contributed by atoms with E-state index in [1.54, 1.807) is 18.2 Å². The van der Waals surface area contributed by atoms with Crippen molar-refractivity contribution in [2.75, 3.05) is 30.8 Å². The highest BCUT2D eigenvalue weighted by atomic mass is 19.4. The van der Waals surface area contributed by atoms with Crippen molar-refractivity contribution in [2.45, 2.75) is 25.6 Å². The molecule has 3 aromatic rings. The zero-order valence-corrected chi connectivity index (χ0v) is 18.8. The highest BCUT2D eigenvalue weighted by Crippen LogP contribution is 2.37. The fourth-order valence-corrected chi connectivity index (χ4v) is 4.35. The molecule has 0 unspecified atom stereocenters. The number of rotatable bonds is 5. The van der Waals surface area contributed by atoms with Crippen molar-refractivity contribution >= 4 is 29.0 Å². The molecule has 0 saturated heterocycles. The van der Waals surface area contributed by atoms with E-state index >= 15 is 0 Å². The number of nitrogens with one attached hydrogen (secondary N) is 4. The van der Waals surface area contributed by atoms with Gasteiger partial charge in [0, 0.05) is 12.7 Å². The number of benzene rings is 2. The first kappa shape index (κ1) is 22.9. The van der Waals surface area contributed by atoms with E-state index in [9.17, 15) is 18.0 Å². The fraction of sp³-hybridized carbons (Fsp3) is 0.292. The summed E-state index contributed by atoms with van der Waals surface area (Å²) in [6, 6.07) is 8.81. The first-order chi connectivity index (χ1) is 16.8. The summed E-state index contributed by atoms with van der Waals surface area (Å²) in [5.74, 6) is -0.307. The Hall–Kier alpha value is -3.86. The van der Waals surface area contributed by atoms with Crippen LogP contribution in [0.2, 0.25) is 0 Å². The molecule has 8 nitrogen and oxygen atoms in total. The van der Waals surface area contributed by atoms with E-state index in [-0.39, 0.29) is 17.5 Å². The third kappa shape index (κ3) is 4.59. The summed E-state index contributed by atoms with van der Waals surface area (Å²) < 4.78 is 46.8. The van der Waals surface area contributed by atoms with Crippen LogP contribution in [0.5, 0.6) is 5.75 Å². The van der Waals surface area contributed by atoms with Gasteiger partial charge in [-0.25, -0.2) is 4.98 Å². The van der Waals surface area contributed by atoms with E-state index in [1.807, 2.05) is 12.1 Å². The predicted molar refractivity (Wildman–Crippen MR) is 124 cm³/mol. The number of anilines is 4. The Labute approximate surface area is 199 Å². The van der Waals surface area contributed by atoms with E-state index < -0.39 is 17.6 Å². The van der Waals surface area contributed by atoms with Crippen molar-refractivity contribution in [3.05, 3.63) is 64.3 Å². The molecular formula is C24H23F3N6O2. The number of hydrogen-bond acceptors (Lipinski definition) is 7. The van der Waals surface area contributed by atoms with Gasteiger partial charge in [-0.3, -0.25) is 4.79 Å².